The van der Waals surface area contributed by atoms with E-state index in [9.17, 15) is 0 Å². The lowest BCUT2D eigenvalue weighted by atomic mass is 9.98. The van der Waals surface area contributed by atoms with Crippen molar-refractivity contribution in [2.45, 2.75) is 25.9 Å². The summed E-state index contributed by atoms with van der Waals surface area (Å²) in [7, 11) is 1.72. The van der Waals surface area contributed by atoms with Crippen molar-refractivity contribution in [3.63, 3.8) is 0 Å². The van der Waals surface area contributed by atoms with E-state index >= 15 is 0 Å². The SMILES string of the molecule is COc1ccc(C2CO2)cc1C(C)C. The Bertz CT molecular complexity index is 327. The third-order valence-corrected chi connectivity index (χ3v) is 2.58. The molecule has 0 aliphatic carbocycles. The highest BCUT2D eigenvalue weighted by atomic mass is 16.6. The van der Waals surface area contributed by atoms with Crippen LogP contribution in [0.25, 0.3) is 0 Å². The highest BCUT2D eigenvalue weighted by Gasteiger charge is 2.25. The Hall–Kier alpha value is -1.02. The molecule has 0 amide bonds. The van der Waals surface area contributed by atoms with Crippen molar-refractivity contribution in [1.29, 1.82) is 0 Å². The Morgan fingerprint density at radius 2 is 2.14 bits per heavy atom. The van der Waals surface area contributed by atoms with Crippen molar-refractivity contribution in [2.75, 3.05) is 13.7 Å². The molecule has 1 fully saturated rings. The maximum atomic E-state index is 5.32. The fraction of sp³-hybridized carbons (Fsp3) is 0.500. The van der Waals surface area contributed by atoms with E-state index in [4.69, 9.17) is 9.47 Å². The molecular weight excluding hydrogens is 176 g/mol. The molecule has 1 atom stereocenters. The van der Waals surface area contributed by atoms with E-state index in [0.29, 0.717) is 12.0 Å². The third kappa shape index (κ3) is 1.75. The Labute approximate surface area is 84.8 Å². The quantitative estimate of drug-likeness (QED) is 0.687. The maximum Gasteiger partial charge on any atom is 0.122 e. The fourth-order valence-electron chi connectivity index (χ4n) is 1.64. The molecule has 0 bridgehead atoms. The average Bonchev–Trinajstić information content (AvgIpc) is 3.00. The summed E-state index contributed by atoms with van der Waals surface area (Å²) in [4.78, 5) is 0. The van der Waals surface area contributed by atoms with E-state index in [1.165, 1.54) is 11.1 Å². The Kier molecular flexibility index (Phi) is 2.46. The second kappa shape index (κ2) is 3.62. The molecule has 0 radical (unpaired) electrons. The largest absolute Gasteiger partial charge is 0.496 e. The molecule has 2 rings (SSSR count). The van der Waals surface area contributed by atoms with E-state index in [0.717, 1.165) is 12.4 Å². The van der Waals surface area contributed by atoms with Gasteiger partial charge in [-0.2, -0.15) is 0 Å². The van der Waals surface area contributed by atoms with Gasteiger partial charge in [0.1, 0.15) is 11.9 Å². The van der Waals surface area contributed by atoms with Gasteiger partial charge >= 0.3 is 0 Å². The minimum atomic E-state index is 0.332. The highest BCUT2D eigenvalue weighted by Crippen LogP contribution is 2.35. The number of epoxide rings is 1. The molecule has 0 saturated carbocycles. The van der Waals surface area contributed by atoms with Crippen LogP contribution in [0.5, 0.6) is 5.75 Å². The zero-order chi connectivity index (χ0) is 10.1. The van der Waals surface area contributed by atoms with Crippen LogP contribution in [0.2, 0.25) is 0 Å². The van der Waals surface area contributed by atoms with Crippen LogP contribution in [-0.2, 0) is 4.74 Å². The average molecular weight is 192 g/mol. The van der Waals surface area contributed by atoms with Gasteiger partial charge in [0.25, 0.3) is 0 Å². The van der Waals surface area contributed by atoms with E-state index in [-0.39, 0.29) is 0 Å². The number of methoxy groups -OCH3 is 1. The molecule has 1 aromatic rings. The topological polar surface area (TPSA) is 21.8 Å². The summed E-state index contributed by atoms with van der Waals surface area (Å²) in [6.45, 7) is 5.22. The zero-order valence-electron chi connectivity index (χ0n) is 8.91. The predicted molar refractivity (Wildman–Crippen MR) is 55.8 cm³/mol. The summed E-state index contributed by atoms with van der Waals surface area (Å²) in [5.74, 6) is 1.47. The summed E-state index contributed by atoms with van der Waals surface area (Å²) in [5, 5.41) is 0. The van der Waals surface area contributed by atoms with E-state index in [1.807, 2.05) is 6.07 Å². The summed E-state index contributed by atoms with van der Waals surface area (Å²) < 4.78 is 10.6. The first kappa shape index (κ1) is 9.53. The molecule has 0 spiro atoms. The highest BCUT2D eigenvalue weighted by molar-refractivity contribution is 5.40. The van der Waals surface area contributed by atoms with Crippen LogP contribution in [0, 0.1) is 0 Å². The van der Waals surface area contributed by atoms with Crippen LogP contribution in [0.15, 0.2) is 18.2 Å². The number of benzene rings is 1. The Balaban J connectivity index is 2.35. The first-order chi connectivity index (χ1) is 6.72. The molecule has 0 aromatic heterocycles. The molecule has 1 heterocycles. The standard InChI is InChI=1S/C12H16O2/c1-8(2)10-6-9(12-7-14-12)4-5-11(10)13-3/h4-6,8,12H,7H2,1-3H3. The van der Waals surface area contributed by atoms with Gasteiger partial charge in [-0.1, -0.05) is 19.9 Å². The molecule has 0 N–H and O–H groups in total. The number of hydrogen-bond acceptors (Lipinski definition) is 2. The van der Waals surface area contributed by atoms with Crippen molar-refractivity contribution in [3.05, 3.63) is 29.3 Å². The van der Waals surface area contributed by atoms with Crippen LogP contribution in [0.4, 0.5) is 0 Å². The minimum Gasteiger partial charge on any atom is -0.496 e. The summed E-state index contributed by atoms with van der Waals surface area (Å²) >= 11 is 0. The second-order valence-corrected chi connectivity index (χ2v) is 3.98. The van der Waals surface area contributed by atoms with Gasteiger partial charge < -0.3 is 9.47 Å². The van der Waals surface area contributed by atoms with Gasteiger partial charge in [0.2, 0.25) is 0 Å². The normalized spacial score (nSPS) is 19.9. The summed E-state index contributed by atoms with van der Waals surface area (Å²) in [6.07, 6.45) is 0.332. The van der Waals surface area contributed by atoms with Crippen LogP contribution in [0.3, 0.4) is 0 Å². The van der Waals surface area contributed by atoms with Crippen LogP contribution in [-0.4, -0.2) is 13.7 Å². The summed E-state index contributed by atoms with van der Waals surface area (Å²) in [5.41, 5.74) is 2.54. The van der Waals surface area contributed by atoms with Gasteiger partial charge in [-0.25, -0.2) is 0 Å². The molecule has 1 aromatic carbocycles. The predicted octanol–water partition coefficient (Wildman–Crippen LogP) is 2.89. The van der Waals surface area contributed by atoms with Gasteiger partial charge in [-0.3, -0.25) is 0 Å². The van der Waals surface area contributed by atoms with Crippen LogP contribution >= 0.6 is 0 Å². The molecule has 76 valence electrons. The van der Waals surface area contributed by atoms with E-state index in [2.05, 4.69) is 26.0 Å². The van der Waals surface area contributed by atoms with E-state index in [1.54, 1.807) is 7.11 Å². The number of hydrogen-bond donors (Lipinski definition) is 0. The van der Waals surface area contributed by atoms with Crippen molar-refractivity contribution >= 4 is 0 Å². The van der Waals surface area contributed by atoms with Crippen molar-refractivity contribution < 1.29 is 9.47 Å². The first-order valence-corrected chi connectivity index (χ1v) is 5.02. The summed E-state index contributed by atoms with van der Waals surface area (Å²) in [6, 6.07) is 6.32. The Morgan fingerprint density at radius 1 is 1.43 bits per heavy atom. The lowest BCUT2D eigenvalue weighted by Crippen LogP contribution is -1.95. The molecule has 14 heavy (non-hydrogen) atoms. The fourth-order valence-corrected chi connectivity index (χ4v) is 1.64. The van der Waals surface area contributed by atoms with Crippen LogP contribution < -0.4 is 4.74 Å². The maximum absolute atomic E-state index is 5.32. The number of ether oxygens (including phenoxy) is 2. The second-order valence-electron chi connectivity index (χ2n) is 3.98. The third-order valence-electron chi connectivity index (χ3n) is 2.58. The zero-order valence-corrected chi connectivity index (χ0v) is 8.91. The van der Waals surface area contributed by atoms with Gasteiger partial charge in [0, 0.05) is 0 Å². The number of rotatable bonds is 3. The Morgan fingerprint density at radius 3 is 2.64 bits per heavy atom. The smallest absolute Gasteiger partial charge is 0.122 e. The van der Waals surface area contributed by atoms with Crippen molar-refractivity contribution in [1.82, 2.24) is 0 Å². The first-order valence-electron chi connectivity index (χ1n) is 5.02. The lowest BCUT2D eigenvalue weighted by molar-refractivity contribution is 0.404. The van der Waals surface area contributed by atoms with Gasteiger partial charge in [0.05, 0.1) is 13.7 Å². The van der Waals surface area contributed by atoms with Crippen LogP contribution in [0.1, 0.15) is 37.0 Å². The van der Waals surface area contributed by atoms with E-state index < -0.39 is 0 Å². The molecule has 1 saturated heterocycles. The monoisotopic (exact) mass is 192 g/mol. The van der Waals surface area contributed by atoms with Gasteiger partial charge in [-0.05, 0) is 29.2 Å². The molecule has 1 aliphatic rings. The minimum absolute atomic E-state index is 0.332. The lowest BCUT2D eigenvalue weighted by Gasteiger charge is -2.12. The van der Waals surface area contributed by atoms with Crippen molar-refractivity contribution in [2.24, 2.45) is 0 Å². The van der Waals surface area contributed by atoms with Crippen molar-refractivity contribution in [3.8, 4) is 5.75 Å². The molecule has 1 aliphatic heterocycles. The molecule has 2 heteroatoms. The van der Waals surface area contributed by atoms with Gasteiger partial charge in [0.15, 0.2) is 0 Å². The van der Waals surface area contributed by atoms with Gasteiger partial charge in [-0.15, -0.1) is 0 Å². The molecule has 2 nitrogen and oxygen atoms in total. The molecular formula is C12H16O2. The molecule has 1 unspecified atom stereocenters.